The van der Waals surface area contributed by atoms with E-state index in [1.165, 1.54) is 6.20 Å². The van der Waals surface area contributed by atoms with Crippen LogP contribution in [0, 0.1) is 0 Å². The van der Waals surface area contributed by atoms with Crippen LogP contribution in [0.5, 0.6) is 0 Å². The Morgan fingerprint density at radius 2 is 2.33 bits per heavy atom. The number of amides is 1. The van der Waals surface area contributed by atoms with E-state index in [-0.39, 0.29) is 11.8 Å². The average Bonchev–Trinajstić information content (AvgIpc) is 2.03. The van der Waals surface area contributed by atoms with E-state index >= 15 is 0 Å². The fourth-order valence-corrected chi connectivity index (χ4v) is 0.722. The summed E-state index contributed by atoms with van der Waals surface area (Å²) < 4.78 is 0. The van der Waals surface area contributed by atoms with Crippen LogP contribution in [0.2, 0.25) is 0 Å². The van der Waals surface area contributed by atoms with Crippen molar-refractivity contribution in [2.75, 3.05) is 11.5 Å². The highest BCUT2D eigenvalue weighted by molar-refractivity contribution is 5.48. The normalized spacial score (nSPS) is 9.33. The fourth-order valence-electron chi connectivity index (χ4n) is 0.722. The number of aromatic nitrogens is 2. The first-order valence-corrected chi connectivity index (χ1v) is 3.28. The highest BCUT2D eigenvalue weighted by atomic mass is 16.1. The Labute approximate surface area is 69.0 Å². The zero-order chi connectivity index (χ0) is 8.97. The highest BCUT2D eigenvalue weighted by Gasteiger charge is 2.00. The SMILES string of the molecule is Nc1ncc(CNC=O)c(N)n1. The van der Waals surface area contributed by atoms with Crippen LogP contribution in [0.15, 0.2) is 6.20 Å². The van der Waals surface area contributed by atoms with E-state index in [9.17, 15) is 4.79 Å². The lowest BCUT2D eigenvalue weighted by atomic mass is 10.3. The van der Waals surface area contributed by atoms with Gasteiger partial charge in [0.2, 0.25) is 12.4 Å². The van der Waals surface area contributed by atoms with Gasteiger partial charge >= 0.3 is 0 Å². The quantitative estimate of drug-likeness (QED) is 0.494. The van der Waals surface area contributed by atoms with Crippen LogP contribution in [0.1, 0.15) is 5.56 Å². The first-order valence-electron chi connectivity index (χ1n) is 3.28. The van der Waals surface area contributed by atoms with Crippen molar-refractivity contribution >= 4 is 18.2 Å². The minimum Gasteiger partial charge on any atom is -0.383 e. The maximum absolute atomic E-state index is 9.94. The molecule has 0 unspecified atom stereocenters. The first-order chi connectivity index (χ1) is 5.74. The van der Waals surface area contributed by atoms with Crippen LogP contribution in [-0.4, -0.2) is 16.4 Å². The lowest BCUT2D eigenvalue weighted by Crippen LogP contribution is -2.13. The van der Waals surface area contributed by atoms with Crippen LogP contribution in [-0.2, 0) is 11.3 Å². The minimum atomic E-state index is 0.127. The van der Waals surface area contributed by atoms with Crippen molar-refractivity contribution in [1.82, 2.24) is 15.3 Å². The summed E-state index contributed by atoms with van der Waals surface area (Å²) in [4.78, 5) is 17.4. The molecule has 12 heavy (non-hydrogen) atoms. The standard InChI is InChI=1S/C6H9N5O/c7-5-4(1-9-3-12)2-10-6(8)11-5/h2-3H,1H2,(H,9,12)(H4,7,8,10,11). The molecule has 0 fully saturated rings. The highest BCUT2D eigenvalue weighted by Crippen LogP contribution is 2.06. The summed E-state index contributed by atoms with van der Waals surface area (Å²) in [6.45, 7) is 0.315. The molecule has 64 valence electrons. The van der Waals surface area contributed by atoms with Gasteiger partial charge in [0.15, 0.2) is 0 Å². The van der Waals surface area contributed by atoms with Crippen molar-refractivity contribution in [2.24, 2.45) is 0 Å². The van der Waals surface area contributed by atoms with Crippen LogP contribution < -0.4 is 16.8 Å². The molecule has 1 rings (SSSR count). The molecule has 1 heterocycles. The Bertz CT molecular complexity index is 287. The van der Waals surface area contributed by atoms with Crippen LogP contribution >= 0.6 is 0 Å². The van der Waals surface area contributed by atoms with Gasteiger partial charge in [-0.15, -0.1) is 0 Å². The fraction of sp³-hybridized carbons (Fsp3) is 0.167. The zero-order valence-corrected chi connectivity index (χ0v) is 6.32. The van der Waals surface area contributed by atoms with Gasteiger partial charge in [-0.2, -0.15) is 4.98 Å². The van der Waals surface area contributed by atoms with Crippen LogP contribution in [0.25, 0.3) is 0 Å². The largest absolute Gasteiger partial charge is 0.383 e. The van der Waals surface area contributed by atoms with E-state index in [2.05, 4.69) is 15.3 Å². The Kier molecular flexibility index (Phi) is 2.42. The molecule has 0 saturated heterocycles. The molecule has 0 aromatic carbocycles. The second-order valence-corrected chi connectivity index (χ2v) is 2.14. The van der Waals surface area contributed by atoms with Gasteiger partial charge in [-0.1, -0.05) is 0 Å². The third-order valence-electron chi connectivity index (χ3n) is 1.29. The van der Waals surface area contributed by atoms with Crippen molar-refractivity contribution < 1.29 is 4.79 Å². The maximum atomic E-state index is 9.94. The zero-order valence-electron chi connectivity index (χ0n) is 6.32. The molecule has 1 amide bonds. The summed E-state index contributed by atoms with van der Waals surface area (Å²) in [7, 11) is 0. The molecule has 0 radical (unpaired) electrons. The van der Waals surface area contributed by atoms with Crippen molar-refractivity contribution in [1.29, 1.82) is 0 Å². The van der Waals surface area contributed by atoms with E-state index in [0.717, 1.165) is 0 Å². The lowest BCUT2D eigenvalue weighted by Gasteiger charge is -2.02. The van der Waals surface area contributed by atoms with Crippen molar-refractivity contribution in [3.05, 3.63) is 11.8 Å². The Hall–Kier alpha value is -1.85. The number of carbonyl (C=O) groups is 1. The van der Waals surface area contributed by atoms with Gasteiger partial charge in [-0.05, 0) is 0 Å². The molecule has 0 atom stereocenters. The van der Waals surface area contributed by atoms with Gasteiger partial charge in [-0.25, -0.2) is 4.98 Å². The number of rotatable bonds is 3. The molecule has 0 aliphatic carbocycles. The minimum absolute atomic E-state index is 0.127. The third-order valence-corrected chi connectivity index (χ3v) is 1.29. The van der Waals surface area contributed by atoms with E-state index in [0.29, 0.717) is 18.5 Å². The summed E-state index contributed by atoms with van der Waals surface area (Å²) in [5, 5.41) is 2.44. The topological polar surface area (TPSA) is 107 Å². The molecular formula is C6H9N5O. The van der Waals surface area contributed by atoms with Gasteiger partial charge in [0.05, 0.1) is 0 Å². The van der Waals surface area contributed by atoms with Crippen molar-refractivity contribution in [3.63, 3.8) is 0 Å². The second kappa shape index (κ2) is 3.51. The smallest absolute Gasteiger partial charge is 0.221 e. The molecule has 6 nitrogen and oxygen atoms in total. The summed E-state index contributed by atoms with van der Waals surface area (Å²) in [6.07, 6.45) is 2.06. The van der Waals surface area contributed by atoms with Crippen molar-refractivity contribution in [3.8, 4) is 0 Å². The van der Waals surface area contributed by atoms with E-state index < -0.39 is 0 Å². The Balaban J connectivity index is 2.78. The molecule has 0 saturated carbocycles. The summed E-state index contributed by atoms with van der Waals surface area (Å²) in [5.74, 6) is 0.416. The summed E-state index contributed by atoms with van der Waals surface area (Å²) >= 11 is 0. The first kappa shape index (κ1) is 8.25. The molecule has 1 aromatic rings. The lowest BCUT2D eigenvalue weighted by molar-refractivity contribution is -0.109. The average molecular weight is 167 g/mol. The molecule has 6 heteroatoms. The summed E-state index contributed by atoms with van der Waals surface area (Å²) in [6, 6.07) is 0. The van der Waals surface area contributed by atoms with Gasteiger partial charge < -0.3 is 16.8 Å². The molecular weight excluding hydrogens is 158 g/mol. The Morgan fingerprint density at radius 3 is 2.92 bits per heavy atom. The van der Waals surface area contributed by atoms with Gasteiger partial charge in [0.1, 0.15) is 5.82 Å². The van der Waals surface area contributed by atoms with Crippen molar-refractivity contribution in [2.45, 2.75) is 6.54 Å². The second-order valence-electron chi connectivity index (χ2n) is 2.14. The van der Waals surface area contributed by atoms with Crippen LogP contribution in [0.3, 0.4) is 0 Å². The number of hydrogen-bond acceptors (Lipinski definition) is 5. The number of hydrogen-bond donors (Lipinski definition) is 3. The molecule has 5 N–H and O–H groups in total. The molecule has 0 aliphatic heterocycles. The maximum Gasteiger partial charge on any atom is 0.221 e. The van der Waals surface area contributed by atoms with Gasteiger partial charge in [0.25, 0.3) is 0 Å². The number of nitrogen functional groups attached to an aromatic ring is 2. The number of anilines is 2. The number of nitrogens with two attached hydrogens (primary N) is 2. The Morgan fingerprint density at radius 1 is 1.58 bits per heavy atom. The van der Waals surface area contributed by atoms with Crippen LogP contribution in [0.4, 0.5) is 11.8 Å². The molecule has 0 bridgehead atoms. The molecule has 0 spiro atoms. The van der Waals surface area contributed by atoms with E-state index in [1.54, 1.807) is 0 Å². The predicted molar refractivity (Wildman–Crippen MR) is 43.8 cm³/mol. The number of nitrogens with zero attached hydrogens (tertiary/aromatic N) is 2. The van der Waals surface area contributed by atoms with E-state index in [1.807, 2.05) is 0 Å². The predicted octanol–water partition coefficient (Wildman–Crippen LogP) is -1.11. The third kappa shape index (κ3) is 1.82. The molecule has 0 aliphatic rings. The number of carbonyl (C=O) groups excluding carboxylic acids is 1. The van der Waals surface area contributed by atoms with Gasteiger partial charge in [-0.3, -0.25) is 4.79 Å². The molecule has 1 aromatic heterocycles. The van der Waals surface area contributed by atoms with Gasteiger partial charge in [0, 0.05) is 18.3 Å². The summed E-state index contributed by atoms with van der Waals surface area (Å²) in [5.41, 5.74) is 11.4. The number of nitrogens with one attached hydrogen (secondary N) is 1. The monoisotopic (exact) mass is 167 g/mol. The van der Waals surface area contributed by atoms with E-state index in [4.69, 9.17) is 11.5 Å².